The Morgan fingerprint density at radius 1 is 1.25 bits per heavy atom. The molecule has 0 aliphatic rings. The summed E-state index contributed by atoms with van der Waals surface area (Å²) in [7, 11) is 0. The van der Waals surface area contributed by atoms with Crippen molar-refractivity contribution in [3.63, 3.8) is 0 Å². The summed E-state index contributed by atoms with van der Waals surface area (Å²) in [6.45, 7) is 0. The lowest BCUT2D eigenvalue weighted by molar-refractivity contribution is 1.29. The first-order valence-corrected chi connectivity index (χ1v) is 4.58. The van der Waals surface area contributed by atoms with Crippen LogP contribution < -0.4 is 0 Å². The maximum absolute atomic E-state index is 5.74. The van der Waals surface area contributed by atoms with Gasteiger partial charge in [0, 0.05) is 6.20 Å². The first-order valence-electron chi connectivity index (χ1n) is 3.39. The largest absolute Gasteiger partial charge is 0.254 e. The number of hydrogen-bond acceptors (Lipinski definition) is 3. The van der Waals surface area contributed by atoms with E-state index >= 15 is 0 Å². The van der Waals surface area contributed by atoms with Gasteiger partial charge >= 0.3 is 0 Å². The topological polar surface area (TPSA) is 25.8 Å². The smallest absolute Gasteiger partial charge is 0.143 e. The molecule has 60 valence electrons. The molecule has 0 N–H and O–H groups in total. The molecule has 0 saturated carbocycles. The number of halogens is 1. The van der Waals surface area contributed by atoms with Crippen molar-refractivity contribution < 1.29 is 0 Å². The van der Waals surface area contributed by atoms with Crippen LogP contribution in [0.3, 0.4) is 0 Å². The molecule has 0 aromatic carbocycles. The van der Waals surface area contributed by atoms with Crippen LogP contribution in [0.2, 0.25) is 4.34 Å². The fourth-order valence-corrected chi connectivity index (χ4v) is 1.75. The zero-order valence-corrected chi connectivity index (χ0v) is 7.64. The quantitative estimate of drug-likeness (QED) is 0.701. The van der Waals surface area contributed by atoms with Crippen LogP contribution in [-0.4, -0.2) is 9.97 Å². The molecule has 4 heteroatoms. The molecule has 2 aromatic heterocycles. The van der Waals surface area contributed by atoms with E-state index in [1.54, 1.807) is 12.4 Å². The van der Waals surface area contributed by atoms with Crippen molar-refractivity contribution in [2.45, 2.75) is 0 Å². The Hall–Kier alpha value is -0.930. The molecule has 0 amide bonds. The van der Waals surface area contributed by atoms with Gasteiger partial charge in [-0.25, -0.2) is 4.98 Å². The van der Waals surface area contributed by atoms with E-state index in [0.717, 1.165) is 10.7 Å². The Bertz CT molecular complexity index is 372. The number of hydrogen-bond donors (Lipinski definition) is 0. The molecule has 0 atom stereocenters. The van der Waals surface area contributed by atoms with Crippen LogP contribution in [0.25, 0.3) is 10.7 Å². The van der Waals surface area contributed by atoms with Gasteiger partial charge in [0.25, 0.3) is 0 Å². The van der Waals surface area contributed by atoms with E-state index in [9.17, 15) is 0 Å². The van der Waals surface area contributed by atoms with Crippen LogP contribution in [0.5, 0.6) is 0 Å². The van der Waals surface area contributed by atoms with E-state index < -0.39 is 0 Å². The van der Waals surface area contributed by atoms with Crippen LogP contribution in [0.1, 0.15) is 0 Å². The molecule has 0 saturated heterocycles. The zero-order chi connectivity index (χ0) is 8.39. The summed E-state index contributed by atoms with van der Waals surface area (Å²) < 4.78 is 0.690. The predicted octanol–water partition coefficient (Wildman–Crippen LogP) is 2.86. The van der Waals surface area contributed by atoms with Crippen molar-refractivity contribution in [1.82, 2.24) is 9.97 Å². The first kappa shape index (κ1) is 7.71. The Morgan fingerprint density at radius 2 is 2.17 bits per heavy atom. The second kappa shape index (κ2) is 3.21. The third-order valence-electron chi connectivity index (χ3n) is 1.36. The monoisotopic (exact) mass is 196 g/mol. The highest BCUT2D eigenvalue weighted by molar-refractivity contribution is 7.18. The number of thiazole rings is 1. The minimum Gasteiger partial charge on any atom is -0.254 e. The van der Waals surface area contributed by atoms with E-state index in [0.29, 0.717) is 4.34 Å². The van der Waals surface area contributed by atoms with Crippen LogP contribution in [-0.2, 0) is 0 Å². The molecule has 2 aromatic rings. The van der Waals surface area contributed by atoms with E-state index in [-0.39, 0.29) is 0 Å². The minimum absolute atomic E-state index is 0.690. The Balaban J connectivity index is 2.45. The molecule has 2 heterocycles. The Kier molecular flexibility index (Phi) is 2.06. The number of aromatic nitrogens is 2. The van der Waals surface area contributed by atoms with Crippen molar-refractivity contribution in [3.05, 3.63) is 34.9 Å². The molecule has 12 heavy (non-hydrogen) atoms. The molecule has 0 fully saturated rings. The third-order valence-corrected chi connectivity index (χ3v) is 2.50. The highest BCUT2D eigenvalue weighted by Gasteiger charge is 2.02. The van der Waals surface area contributed by atoms with Crippen LogP contribution >= 0.6 is 22.9 Å². The number of pyridine rings is 1. The van der Waals surface area contributed by atoms with Gasteiger partial charge in [-0.15, -0.1) is 11.3 Å². The molecule has 0 spiro atoms. The van der Waals surface area contributed by atoms with Crippen LogP contribution in [0.15, 0.2) is 30.6 Å². The normalized spacial score (nSPS) is 10.1. The van der Waals surface area contributed by atoms with Gasteiger partial charge in [-0.1, -0.05) is 17.7 Å². The summed E-state index contributed by atoms with van der Waals surface area (Å²) in [5.41, 5.74) is 0.870. The van der Waals surface area contributed by atoms with Gasteiger partial charge in [-0.2, -0.15) is 0 Å². The van der Waals surface area contributed by atoms with Crippen molar-refractivity contribution in [2.24, 2.45) is 0 Å². The summed E-state index contributed by atoms with van der Waals surface area (Å²) in [5.74, 6) is 0. The average molecular weight is 197 g/mol. The summed E-state index contributed by atoms with van der Waals surface area (Å²) in [6, 6.07) is 5.71. The molecule has 0 bridgehead atoms. The standard InChI is InChI=1S/C8H5ClN2S/c9-7-5-11-8(12-7)6-3-1-2-4-10-6/h1-5H. The lowest BCUT2D eigenvalue weighted by Crippen LogP contribution is -1.78. The second-order valence-electron chi connectivity index (χ2n) is 2.18. The summed E-state index contributed by atoms with van der Waals surface area (Å²) in [6.07, 6.45) is 3.38. The van der Waals surface area contributed by atoms with Gasteiger partial charge in [0.1, 0.15) is 9.34 Å². The lowest BCUT2D eigenvalue weighted by Gasteiger charge is -1.90. The fourth-order valence-electron chi connectivity index (χ4n) is 0.862. The van der Waals surface area contributed by atoms with Crippen molar-refractivity contribution in [2.75, 3.05) is 0 Å². The van der Waals surface area contributed by atoms with Gasteiger partial charge in [0.15, 0.2) is 0 Å². The summed E-state index contributed by atoms with van der Waals surface area (Å²) in [4.78, 5) is 8.26. The zero-order valence-electron chi connectivity index (χ0n) is 6.07. The van der Waals surface area contributed by atoms with E-state index in [4.69, 9.17) is 11.6 Å². The predicted molar refractivity (Wildman–Crippen MR) is 50.4 cm³/mol. The fraction of sp³-hybridized carbons (Fsp3) is 0. The molecule has 2 nitrogen and oxygen atoms in total. The van der Waals surface area contributed by atoms with Gasteiger partial charge in [0.05, 0.1) is 11.9 Å². The molecular weight excluding hydrogens is 192 g/mol. The van der Waals surface area contributed by atoms with Crippen molar-refractivity contribution in [1.29, 1.82) is 0 Å². The van der Waals surface area contributed by atoms with Gasteiger partial charge < -0.3 is 0 Å². The first-order chi connectivity index (χ1) is 5.86. The van der Waals surface area contributed by atoms with Crippen LogP contribution in [0.4, 0.5) is 0 Å². The minimum atomic E-state index is 0.690. The molecule has 0 aliphatic carbocycles. The highest BCUT2D eigenvalue weighted by atomic mass is 35.5. The van der Waals surface area contributed by atoms with Gasteiger partial charge in [-0.05, 0) is 12.1 Å². The van der Waals surface area contributed by atoms with E-state index in [1.807, 2.05) is 18.2 Å². The molecule has 0 aliphatic heterocycles. The number of nitrogens with zero attached hydrogens (tertiary/aromatic N) is 2. The third kappa shape index (κ3) is 1.47. The average Bonchev–Trinajstić information content (AvgIpc) is 2.54. The van der Waals surface area contributed by atoms with Crippen molar-refractivity contribution in [3.8, 4) is 10.7 Å². The molecule has 0 radical (unpaired) electrons. The van der Waals surface area contributed by atoms with E-state index in [2.05, 4.69) is 9.97 Å². The second-order valence-corrected chi connectivity index (χ2v) is 3.85. The summed E-state index contributed by atoms with van der Waals surface area (Å²) in [5, 5.41) is 0.862. The Morgan fingerprint density at radius 3 is 2.75 bits per heavy atom. The SMILES string of the molecule is Clc1cnc(-c2ccccn2)s1. The van der Waals surface area contributed by atoms with Crippen LogP contribution in [0, 0.1) is 0 Å². The van der Waals surface area contributed by atoms with E-state index in [1.165, 1.54) is 11.3 Å². The molecular formula is C8H5ClN2S. The summed E-state index contributed by atoms with van der Waals surface area (Å²) >= 11 is 7.17. The molecule has 2 rings (SSSR count). The van der Waals surface area contributed by atoms with Gasteiger partial charge in [0.2, 0.25) is 0 Å². The maximum Gasteiger partial charge on any atom is 0.143 e. The van der Waals surface area contributed by atoms with Crippen molar-refractivity contribution >= 4 is 22.9 Å². The molecule has 0 unspecified atom stereocenters. The highest BCUT2D eigenvalue weighted by Crippen LogP contribution is 2.25. The lowest BCUT2D eigenvalue weighted by atomic mass is 10.4. The Labute approximate surface area is 78.9 Å². The van der Waals surface area contributed by atoms with Gasteiger partial charge in [-0.3, -0.25) is 4.98 Å². The number of rotatable bonds is 1. The maximum atomic E-state index is 5.74.